The van der Waals surface area contributed by atoms with Crippen molar-refractivity contribution >= 4 is 10.0 Å². The molecule has 2 rings (SSSR count). The molecule has 0 aliphatic rings. The van der Waals surface area contributed by atoms with Crippen LogP contribution in [0.25, 0.3) is 0 Å². The molecule has 0 aliphatic carbocycles. The smallest absolute Gasteiger partial charge is 0.250 e. The van der Waals surface area contributed by atoms with Crippen molar-refractivity contribution in [3.05, 3.63) is 64.6 Å². The lowest BCUT2D eigenvalue weighted by molar-refractivity contribution is 0.444. The van der Waals surface area contributed by atoms with Crippen LogP contribution < -0.4 is 5.56 Å². The highest BCUT2D eigenvalue weighted by Crippen LogP contribution is 2.14. The van der Waals surface area contributed by atoms with Gasteiger partial charge in [0, 0.05) is 31.9 Å². The maximum atomic E-state index is 12.6. The van der Waals surface area contributed by atoms with Crippen molar-refractivity contribution in [3.63, 3.8) is 0 Å². The predicted octanol–water partition coefficient (Wildman–Crippen LogP) is 2.51. The average Bonchev–Trinajstić information content (AvgIpc) is 2.58. The number of nitrogens with zero attached hydrogens (tertiary/aromatic N) is 2. The van der Waals surface area contributed by atoms with Crippen LogP contribution in [0.4, 0.5) is 0 Å². The van der Waals surface area contributed by atoms with Gasteiger partial charge in [0.15, 0.2) is 0 Å². The van der Waals surface area contributed by atoms with Gasteiger partial charge >= 0.3 is 0 Å². The Morgan fingerprint density at radius 1 is 1.00 bits per heavy atom. The van der Waals surface area contributed by atoms with Crippen molar-refractivity contribution in [1.82, 2.24) is 8.87 Å². The zero-order valence-electron chi connectivity index (χ0n) is 14.2. The fraction of sp³-hybridized carbons (Fsp3) is 0.389. The minimum atomic E-state index is -3.54. The minimum Gasteiger partial charge on any atom is -0.314 e. The van der Waals surface area contributed by atoms with Crippen LogP contribution in [0, 0.1) is 0 Å². The summed E-state index contributed by atoms with van der Waals surface area (Å²) in [6.45, 7) is 4.92. The van der Waals surface area contributed by atoms with E-state index in [9.17, 15) is 13.2 Å². The van der Waals surface area contributed by atoms with Crippen LogP contribution in [-0.2, 0) is 23.0 Å². The number of benzene rings is 1. The first-order valence-electron chi connectivity index (χ1n) is 8.23. The molecule has 1 heterocycles. The molecule has 6 heteroatoms. The quantitative estimate of drug-likeness (QED) is 0.736. The van der Waals surface area contributed by atoms with Crippen molar-refractivity contribution in [1.29, 1.82) is 0 Å². The van der Waals surface area contributed by atoms with E-state index in [1.807, 2.05) is 30.3 Å². The van der Waals surface area contributed by atoms with Crippen molar-refractivity contribution in [2.75, 3.05) is 13.1 Å². The van der Waals surface area contributed by atoms with Gasteiger partial charge in [-0.2, -0.15) is 4.31 Å². The molecule has 24 heavy (non-hydrogen) atoms. The van der Waals surface area contributed by atoms with Crippen molar-refractivity contribution < 1.29 is 8.42 Å². The topological polar surface area (TPSA) is 59.4 Å². The number of rotatable bonds is 8. The summed E-state index contributed by atoms with van der Waals surface area (Å²) in [5.41, 5.74) is 1.03. The van der Waals surface area contributed by atoms with Gasteiger partial charge in [-0.15, -0.1) is 0 Å². The number of sulfonamides is 1. The van der Waals surface area contributed by atoms with E-state index in [1.165, 1.54) is 32.8 Å². The van der Waals surface area contributed by atoms with Crippen LogP contribution in [0.5, 0.6) is 0 Å². The van der Waals surface area contributed by atoms with Gasteiger partial charge in [-0.25, -0.2) is 8.42 Å². The molecule has 0 aliphatic heterocycles. The third-order valence-corrected chi connectivity index (χ3v) is 6.04. The van der Waals surface area contributed by atoms with Crippen LogP contribution in [0.3, 0.4) is 0 Å². The Morgan fingerprint density at radius 3 is 2.29 bits per heavy atom. The summed E-state index contributed by atoms with van der Waals surface area (Å²) in [5.74, 6) is 0. The Hall–Kier alpha value is -1.92. The van der Waals surface area contributed by atoms with E-state index in [1.54, 1.807) is 13.8 Å². The van der Waals surface area contributed by atoms with Crippen molar-refractivity contribution in [2.24, 2.45) is 0 Å². The van der Waals surface area contributed by atoms with Crippen molar-refractivity contribution in [2.45, 2.75) is 38.1 Å². The number of pyridine rings is 1. The van der Waals surface area contributed by atoms with E-state index >= 15 is 0 Å². The molecule has 0 atom stereocenters. The van der Waals surface area contributed by atoms with Crippen LogP contribution in [0.2, 0.25) is 0 Å². The van der Waals surface area contributed by atoms with Crippen LogP contribution in [-0.4, -0.2) is 30.4 Å². The lowest BCUT2D eigenvalue weighted by atomic mass is 10.1. The standard InChI is InChI=1S/C18H24N2O3S/c1-3-20(4-2)24(22,23)17-12-13-18(21)19(15-17)14-8-11-16-9-6-5-7-10-16/h5-7,9-10,12-13,15H,3-4,8,11,14H2,1-2H3. The second-order valence-electron chi connectivity index (χ2n) is 5.57. The molecular formula is C18H24N2O3S. The molecule has 0 saturated carbocycles. The zero-order valence-corrected chi connectivity index (χ0v) is 15.0. The molecule has 130 valence electrons. The average molecular weight is 348 g/mol. The van der Waals surface area contributed by atoms with E-state index < -0.39 is 10.0 Å². The Labute approximate surface area is 143 Å². The van der Waals surface area contributed by atoms with Gasteiger partial charge < -0.3 is 4.57 Å². The van der Waals surface area contributed by atoms with Gasteiger partial charge in [-0.05, 0) is 24.5 Å². The number of aromatic nitrogens is 1. The third-order valence-electron chi connectivity index (χ3n) is 4.01. The third kappa shape index (κ3) is 4.33. The molecule has 0 fully saturated rings. The maximum Gasteiger partial charge on any atom is 0.250 e. The van der Waals surface area contributed by atoms with Gasteiger partial charge in [0.05, 0.1) is 4.90 Å². The molecule has 5 nitrogen and oxygen atoms in total. The Balaban J connectivity index is 2.15. The lowest BCUT2D eigenvalue weighted by Gasteiger charge is -2.19. The minimum absolute atomic E-state index is 0.172. The Morgan fingerprint density at radius 2 is 1.67 bits per heavy atom. The Bertz CT molecular complexity index is 810. The Kier molecular flexibility index (Phi) is 6.34. The largest absolute Gasteiger partial charge is 0.314 e. The van der Waals surface area contributed by atoms with E-state index in [4.69, 9.17) is 0 Å². The highest BCUT2D eigenvalue weighted by molar-refractivity contribution is 7.89. The summed E-state index contributed by atoms with van der Waals surface area (Å²) in [4.78, 5) is 12.2. The van der Waals surface area contributed by atoms with Gasteiger partial charge in [0.1, 0.15) is 0 Å². The normalized spacial score (nSPS) is 11.8. The molecule has 0 saturated heterocycles. The van der Waals surface area contributed by atoms with Gasteiger partial charge in [0.25, 0.3) is 5.56 Å². The second-order valence-corrected chi connectivity index (χ2v) is 7.51. The van der Waals surface area contributed by atoms with E-state index in [2.05, 4.69) is 0 Å². The highest BCUT2D eigenvalue weighted by Gasteiger charge is 2.22. The summed E-state index contributed by atoms with van der Waals surface area (Å²) >= 11 is 0. The lowest BCUT2D eigenvalue weighted by Crippen LogP contribution is -2.32. The molecule has 0 unspecified atom stereocenters. The summed E-state index contributed by atoms with van der Waals surface area (Å²) in [5, 5.41) is 0. The van der Waals surface area contributed by atoms with Crippen molar-refractivity contribution in [3.8, 4) is 0 Å². The highest BCUT2D eigenvalue weighted by atomic mass is 32.2. The second kappa shape index (κ2) is 8.26. The summed E-state index contributed by atoms with van der Waals surface area (Å²) in [6.07, 6.45) is 3.08. The van der Waals surface area contributed by atoms with Crippen LogP contribution in [0.15, 0.2) is 58.4 Å². The predicted molar refractivity (Wildman–Crippen MR) is 95.6 cm³/mol. The first kappa shape index (κ1) is 18.4. The molecular weight excluding hydrogens is 324 g/mol. The maximum absolute atomic E-state index is 12.6. The van der Waals surface area contributed by atoms with Gasteiger partial charge in [-0.3, -0.25) is 4.79 Å². The first-order valence-corrected chi connectivity index (χ1v) is 9.67. The fourth-order valence-corrected chi connectivity index (χ4v) is 4.13. The molecule has 1 aromatic carbocycles. The fourth-order valence-electron chi connectivity index (χ4n) is 2.65. The van der Waals surface area contributed by atoms with E-state index in [-0.39, 0.29) is 10.5 Å². The zero-order chi connectivity index (χ0) is 17.6. The molecule has 1 aromatic heterocycles. The molecule has 0 amide bonds. The molecule has 0 spiro atoms. The summed E-state index contributed by atoms with van der Waals surface area (Å²) in [7, 11) is -3.54. The summed E-state index contributed by atoms with van der Waals surface area (Å²) < 4.78 is 28.0. The van der Waals surface area contributed by atoms with Crippen LogP contribution in [0.1, 0.15) is 25.8 Å². The number of aryl methyl sites for hydroxylation is 2. The number of hydrogen-bond acceptors (Lipinski definition) is 3. The summed E-state index contributed by atoms with van der Waals surface area (Å²) in [6, 6.07) is 12.8. The number of hydrogen-bond donors (Lipinski definition) is 0. The van der Waals surface area contributed by atoms with Crippen LogP contribution >= 0.6 is 0 Å². The van der Waals surface area contributed by atoms with E-state index in [0.717, 1.165) is 12.8 Å². The molecule has 0 N–H and O–H groups in total. The van der Waals surface area contributed by atoms with Gasteiger partial charge in [0.2, 0.25) is 10.0 Å². The SMILES string of the molecule is CCN(CC)S(=O)(=O)c1ccc(=O)n(CCCc2ccccc2)c1. The molecule has 0 bridgehead atoms. The monoisotopic (exact) mass is 348 g/mol. The first-order chi connectivity index (χ1) is 11.5. The molecule has 2 aromatic rings. The van der Waals surface area contributed by atoms with Gasteiger partial charge in [-0.1, -0.05) is 44.2 Å². The van der Waals surface area contributed by atoms with E-state index in [0.29, 0.717) is 19.6 Å². The molecule has 0 radical (unpaired) electrons.